The van der Waals surface area contributed by atoms with E-state index >= 15 is 0 Å². The van der Waals surface area contributed by atoms with E-state index in [1.807, 2.05) is 0 Å². The van der Waals surface area contributed by atoms with Crippen molar-refractivity contribution in [2.75, 3.05) is 18.1 Å². The van der Waals surface area contributed by atoms with E-state index in [-0.39, 0.29) is 0 Å². The quantitative estimate of drug-likeness (QED) is 0.118. The SMILES string of the molecule is CCCCCS(=O)CCCCCCCCOc1ccc(/C(=C(/CC)c2ccccc2)c2ccc(C)cc2)cc1. The Balaban J connectivity index is 1.49. The van der Waals surface area contributed by atoms with Crippen LogP contribution in [0.15, 0.2) is 78.9 Å². The van der Waals surface area contributed by atoms with Gasteiger partial charge in [-0.05, 0) is 72.6 Å². The number of allylic oxidation sites excluding steroid dienone is 1. The van der Waals surface area contributed by atoms with Gasteiger partial charge in [0.15, 0.2) is 0 Å². The lowest BCUT2D eigenvalue weighted by molar-refractivity contribution is 0.304. The summed E-state index contributed by atoms with van der Waals surface area (Å²) >= 11 is 0. The molecule has 0 aliphatic rings. The molecule has 0 heterocycles. The van der Waals surface area contributed by atoms with E-state index in [9.17, 15) is 4.21 Å². The molecule has 0 saturated heterocycles. The van der Waals surface area contributed by atoms with Crippen molar-refractivity contribution in [3.63, 3.8) is 0 Å². The summed E-state index contributed by atoms with van der Waals surface area (Å²) in [6, 6.07) is 28.2. The van der Waals surface area contributed by atoms with Gasteiger partial charge in [0.05, 0.1) is 6.61 Å². The largest absolute Gasteiger partial charge is 0.494 e. The van der Waals surface area contributed by atoms with Crippen molar-refractivity contribution in [1.29, 1.82) is 0 Å². The van der Waals surface area contributed by atoms with Gasteiger partial charge in [0, 0.05) is 22.3 Å². The lowest BCUT2D eigenvalue weighted by Crippen LogP contribution is -2.02. The number of aryl methyl sites for hydroxylation is 1. The smallest absolute Gasteiger partial charge is 0.119 e. The summed E-state index contributed by atoms with van der Waals surface area (Å²) in [6.45, 7) is 7.33. The van der Waals surface area contributed by atoms with Crippen LogP contribution in [0.4, 0.5) is 0 Å². The third-order valence-electron chi connectivity index (χ3n) is 7.27. The molecule has 0 saturated carbocycles. The third-order valence-corrected chi connectivity index (χ3v) is 8.76. The number of hydrogen-bond donors (Lipinski definition) is 0. The van der Waals surface area contributed by atoms with Crippen molar-refractivity contribution in [1.82, 2.24) is 0 Å². The average molecular weight is 545 g/mol. The summed E-state index contributed by atoms with van der Waals surface area (Å²) in [7, 11) is -0.606. The van der Waals surface area contributed by atoms with Crippen molar-refractivity contribution in [3.05, 3.63) is 101 Å². The number of ether oxygens (including phenoxy) is 1. The fourth-order valence-corrected chi connectivity index (χ4v) is 6.25. The number of hydrogen-bond acceptors (Lipinski definition) is 2. The van der Waals surface area contributed by atoms with E-state index in [2.05, 4.69) is 99.6 Å². The van der Waals surface area contributed by atoms with Crippen molar-refractivity contribution >= 4 is 21.9 Å². The second-order valence-electron chi connectivity index (χ2n) is 10.5. The van der Waals surface area contributed by atoms with E-state index in [0.717, 1.165) is 49.5 Å². The predicted molar refractivity (Wildman–Crippen MR) is 171 cm³/mol. The van der Waals surface area contributed by atoms with Gasteiger partial charge in [-0.25, -0.2) is 0 Å². The minimum Gasteiger partial charge on any atom is -0.494 e. The Morgan fingerprint density at radius 2 is 1.21 bits per heavy atom. The first-order valence-corrected chi connectivity index (χ1v) is 16.5. The molecular weight excluding hydrogens is 496 g/mol. The number of rotatable bonds is 18. The molecule has 3 heteroatoms. The molecule has 0 fully saturated rings. The third kappa shape index (κ3) is 10.8. The fourth-order valence-electron chi connectivity index (χ4n) is 5.00. The maximum atomic E-state index is 12.0. The van der Waals surface area contributed by atoms with E-state index in [4.69, 9.17) is 4.74 Å². The van der Waals surface area contributed by atoms with Crippen LogP contribution < -0.4 is 4.74 Å². The molecule has 210 valence electrons. The normalized spacial score (nSPS) is 12.7. The summed E-state index contributed by atoms with van der Waals surface area (Å²) in [5.74, 6) is 2.71. The fraction of sp³-hybridized carbons (Fsp3) is 0.444. The first kappa shape index (κ1) is 30.9. The maximum Gasteiger partial charge on any atom is 0.119 e. The Bertz CT molecular complexity index is 1130. The Labute approximate surface area is 240 Å². The van der Waals surface area contributed by atoms with E-state index in [1.54, 1.807) is 0 Å². The number of benzene rings is 3. The molecule has 0 aliphatic carbocycles. The Morgan fingerprint density at radius 3 is 1.82 bits per heavy atom. The van der Waals surface area contributed by atoms with Gasteiger partial charge in [-0.3, -0.25) is 4.21 Å². The monoisotopic (exact) mass is 544 g/mol. The summed E-state index contributed by atoms with van der Waals surface area (Å²) in [5.41, 5.74) is 7.66. The van der Waals surface area contributed by atoms with E-state index < -0.39 is 10.8 Å². The summed E-state index contributed by atoms with van der Waals surface area (Å²) in [4.78, 5) is 0. The summed E-state index contributed by atoms with van der Waals surface area (Å²) in [5, 5.41) is 0. The lowest BCUT2D eigenvalue weighted by Gasteiger charge is -2.17. The molecule has 2 nitrogen and oxygen atoms in total. The van der Waals surface area contributed by atoms with Gasteiger partial charge < -0.3 is 4.74 Å². The number of unbranched alkanes of at least 4 members (excludes halogenated alkanes) is 7. The topological polar surface area (TPSA) is 26.3 Å². The molecule has 3 aromatic rings. The molecule has 39 heavy (non-hydrogen) atoms. The Morgan fingerprint density at radius 1 is 0.641 bits per heavy atom. The van der Waals surface area contributed by atoms with Gasteiger partial charge >= 0.3 is 0 Å². The highest BCUT2D eigenvalue weighted by atomic mass is 32.2. The van der Waals surface area contributed by atoms with Crippen LogP contribution in [0.2, 0.25) is 0 Å². The van der Waals surface area contributed by atoms with Gasteiger partial charge in [0.2, 0.25) is 0 Å². The molecule has 0 aliphatic heterocycles. The van der Waals surface area contributed by atoms with Crippen LogP contribution in [0.5, 0.6) is 5.75 Å². The van der Waals surface area contributed by atoms with Gasteiger partial charge in [-0.15, -0.1) is 0 Å². The van der Waals surface area contributed by atoms with Gasteiger partial charge in [-0.1, -0.05) is 125 Å². The summed E-state index contributed by atoms with van der Waals surface area (Å²) < 4.78 is 18.1. The predicted octanol–water partition coefficient (Wildman–Crippen LogP) is 10.0. The van der Waals surface area contributed by atoms with Crippen LogP contribution in [0.3, 0.4) is 0 Å². The molecule has 1 unspecified atom stereocenters. The zero-order chi connectivity index (χ0) is 27.7. The highest BCUT2D eigenvalue weighted by Crippen LogP contribution is 2.35. The van der Waals surface area contributed by atoms with Crippen molar-refractivity contribution < 1.29 is 8.95 Å². The zero-order valence-electron chi connectivity index (χ0n) is 24.4. The van der Waals surface area contributed by atoms with Crippen molar-refractivity contribution in [2.45, 2.75) is 85.0 Å². The summed E-state index contributed by atoms with van der Waals surface area (Å²) in [6.07, 6.45) is 11.5. The second kappa shape index (κ2) is 17.8. The molecule has 0 amide bonds. The molecule has 0 N–H and O–H groups in total. The average Bonchev–Trinajstić information content (AvgIpc) is 2.96. The van der Waals surface area contributed by atoms with Gasteiger partial charge in [0.1, 0.15) is 5.75 Å². The van der Waals surface area contributed by atoms with Gasteiger partial charge in [-0.2, -0.15) is 0 Å². The molecule has 3 aromatic carbocycles. The van der Waals surface area contributed by atoms with Crippen LogP contribution >= 0.6 is 0 Å². The van der Waals surface area contributed by atoms with Crippen LogP contribution in [-0.2, 0) is 10.8 Å². The first-order chi connectivity index (χ1) is 19.1. The molecular formula is C36H48O2S. The highest BCUT2D eigenvalue weighted by Gasteiger charge is 2.13. The molecule has 0 spiro atoms. The molecule has 0 radical (unpaired) electrons. The molecule has 1 atom stereocenters. The molecule has 0 bridgehead atoms. The Kier molecular flexibility index (Phi) is 14.1. The Hall–Kier alpha value is -2.65. The van der Waals surface area contributed by atoms with Crippen molar-refractivity contribution in [3.8, 4) is 5.75 Å². The van der Waals surface area contributed by atoms with Gasteiger partial charge in [0.25, 0.3) is 0 Å². The van der Waals surface area contributed by atoms with Crippen LogP contribution in [0.25, 0.3) is 11.1 Å². The van der Waals surface area contributed by atoms with Crippen LogP contribution in [-0.4, -0.2) is 22.3 Å². The molecule has 0 aromatic heterocycles. The van der Waals surface area contributed by atoms with E-state index in [0.29, 0.717) is 0 Å². The van der Waals surface area contributed by atoms with Crippen molar-refractivity contribution in [2.24, 2.45) is 0 Å². The highest BCUT2D eigenvalue weighted by molar-refractivity contribution is 7.84. The lowest BCUT2D eigenvalue weighted by atomic mass is 9.88. The zero-order valence-corrected chi connectivity index (χ0v) is 25.2. The van der Waals surface area contributed by atoms with Crippen LogP contribution in [0.1, 0.15) is 100 Å². The van der Waals surface area contributed by atoms with Crippen LogP contribution in [0, 0.1) is 6.92 Å². The maximum absolute atomic E-state index is 12.0. The minimum absolute atomic E-state index is 0.606. The minimum atomic E-state index is -0.606. The standard InChI is InChI=1S/C36H48O2S/c1-4-6-15-28-39(37)29-16-10-8-7-9-14-27-38-34-25-23-33(24-26-34)36(32-21-19-30(3)20-22-32)35(5-2)31-17-12-11-13-18-31/h11-13,17-26H,4-10,14-16,27-29H2,1-3H3/b36-35-. The molecule has 3 rings (SSSR count). The second-order valence-corrected chi connectivity index (χ2v) is 12.2. The van der Waals surface area contributed by atoms with E-state index in [1.165, 1.54) is 71.9 Å². The first-order valence-electron chi connectivity index (χ1n) is 15.1.